The molecule has 2 aromatic rings. The summed E-state index contributed by atoms with van der Waals surface area (Å²) in [6.07, 6.45) is 1.47. The Morgan fingerprint density at radius 1 is 1.40 bits per heavy atom. The number of ether oxygens (including phenoxy) is 1. The van der Waals surface area contributed by atoms with E-state index >= 15 is 0 Å². The number of hydrogen-bond donors (Lipinski definition) is 2. The molecule has 1 heterocycles. The van der Waals surface area contributed by atoms with E-state index in [1.807, 2.05) is 13.0 Å². The van der Waals surface area contributed by atoms with Gasteiger partial charge in [0.05, 0.1) is 19.0 Å². The van der Waals surface area contributed by atoms with Crippen LogP contribution in [0.15, 0.2) is 30.5 Å². The maximum Gasteiger partial charge on any atom is 0.341 e. The summed E-state index contributed by atoms with van der Waals surface area (Å²) >= 11 is 5.97. The molecule has 0 saturated carbocycles. The lowest BCUT2D eigenvalue weighted by atomic mass is 10.2. The van der Waals surface area contributed by atoms with Gasteiger partial charge < -0.3 is 15.8 Å². The molecule has 1 aromatic heterocycles. The van der Waals surface area contributed by atoms with Crippen molar-refractivity contribution in [3.05, 3.63) is 46.6 Å². The van der Waals surface area contributed by atoms with Crippen molar-refractivity contribution < 1.29 is 9.53 Å². The highest BCUT2D eigenvalue weighted by atomic mass is 35.5. The predicted molar refractivity (Wildman–Crippen MR) is 79.5 cm³/mol. The van der Waals surface area contributed by atoms with Gasteiger partial charge in [0.15, 0.2) is 0 Å². The monoisotopic (exact) mass is 291 g/mol. The van der Waals surface area contributed by atoms with E-state index in [9.17, 15) is 4.79 Å². The summed E-state index contributed by atoms with van der Waals surface area (Å²) in [5.41, 5.74) is 8.05. The van der Waals surface area contributed by atoms with Gasteiger partial charge in [-0.2, -0.15) is 0 Å². The third-order valence-electron chi connectivity index (χ3n) is 2.77. The van der Waals surface area contributed by atoms with Crippen molar-refractivity contribution in [2.24, 2.45) is 0 Å². The standard InChI is InChI=1S/C14H14ClN3O2/c1-8-3-4-9(15)5-12(8)18-13-11(14(19)20-2)6-10(16)7-17-13/h3-7H,16H2,1-2H3,(H,17,18). The number of pyridine rings is 1. The predicted octanol–water partition coefficient (Wildman–Crippen LogP) is 3.16. The van der Waals surface area contributed by atoms with Crippen LogP contribution in [0.2, 0.25) is 5.02 Å². The summed E-state index contributed by atoms with van der Waals surface area (Å²) in [5, 5.41) is 3.66. The Morgan fingerprint density at radius 2 is 2.15 bits per heavy atom. The summed E-state index contributed by atoms with van der Waals surface area (Å²) in [4.78, 5) is 15.9. The van der Waals surface area contributed by atoms with Gasteiger partial charge in [0.1, 0.15) is 11.4 Å². The average molecular weight is 292 g/mol. The number of anilines is 3. The van der Waals surface area contributed by atoms with Gasteiger partial charge in [-0.15, -0.1) is 0 Å². The average Bonchev–Trinajstić information content (AvgIpc) is 2.43. The van der Waals surface area contributed by atoms with E-state index in [4.69, 9.17) is 22.1 Å². The number of carbonyl (C=O) groups is 1. The minimum Gasteiger partial charge on any atom is -0.465 e. The van der Waals surface area contributed by atoms with E-state index < -0.39 is 5.97 Å². The first kappa shape index (κ1) is 14.1. The number of esters is 1. The van der Waals surface area contributed by atoms with Gasteiger partial charge in [-0.05, 0) is 30.7 Å². The number of aromatic nitrogens is 1. The number of carbonyl (C=O) groups excluding carboxylic acids is 1. The number of nitrogens with two attached hydrogens (primary N) is 1. The van der Waals surface area contributed by atoms with Crippen molar-refractivity contribution >= 4 is 34.8 Å². The molecule has 0 aliphatic heterocycles. The topological polar surface area (TPSA) is 77.2 Å². The highest BCUT2D eigenvalue weighted by Gasteiger charge is 2.14. The number of nitrogens with zero attached hydrogens (tertiary/aromatic N) is 1. The number of nitrogens with one attached hydrogen (secondary N) is 1. The van der Waals surface area contributed by atoms with Crippen molar-refractivity contribution in [1.82, 2.24) is 4.98 Å². The molecular weight excluding hydrogens is 278 g/mol. The number of halogens is 1. The second-order valence-electron chi connectivity index (χ2n) is 4.24. The molecule has 0 amide bonds. The number of methoxy groups -OCH3 is 1. The fourth-order valence-electron chi connectivity index (χ4n) is 1.70. The Hall–Kier alpha value is -2.27. The lowest BCUT2D eigenvalue weighted by molar-refractivity contribution is 0.0601. The first-order valence-corrected chi connectivity index (χ1v) is 6.26. The molecule has 6 heteroatoms. The van der Waals surface area contributed by atoms with E-state index in [1.54, 1.807) is 12.1 Å². The first-order valence-electron chi connectivity index (χ1n) is 5.88. The van der Waals surface area contributed by atoms with Gasteiger partial charge in [0.2, 0.25) is 0 Å². The molecule has 0 bridgehead atoms. The Kier molecular flexibility index (Phi) is 4.10. The van der Waals surface area contributed by atoms with Crippen molar-refractivity contribution in [2.75, 3.05) is 18.2 Å². The summed E-state index contributed by atoms with van der Waals surface area (Å²) in [6, 6.07) is 6.94. The fraction of sp³-hybridized carbons (Fsp3) is 0.143. The van der Waals surface area contributed by atoms with Crippen LogP contribution in [0.3, 0.4) is 0 Å². The minimum atomic E-state index is -0.507. The first-order chi connectivity index (χ1) is 9.51. The van der Waals surface area contributed by atoms with Gasteiger partial charge in [-0.3, -0.25) is 0 Å². The smallest absolute Gasteiger partial charge is 0.341 e. The molecule has 0 unspecified atom stereocenters. The summed E-state index contributed by atoms with van der Waals surface area (Å²) in [5.74, 6) is -0.136. The lowest BCUT2D eigenvalue weighted by Crippen LogP contribution is -2.08. The zero-order chi connectivity index (χ0) is 14.7. The quantitative estimate of drug-likeness (QED) is 0.850. The van der Waals surface area contributed by atoms with E-state index in [2.05, 4.69) is 10.3 Å². The third-order valence-corrected chi connectivity index (χ3v) is 3.00. The minimum absolute atomic E-state index is 0.270. The number of benzene rings is 1. The Labute approximate surface area is 121 Å². The molecule has 2 rings (SSSR count). The Morgan fingerprint density at radius 3 is 2.85 bits per heavy atom. The van der Waals surface area contributed by atoms with Gasteiger partial charge in [-0.1, -0.05) is 17.7 Å². The Balaban J connectivity index is 2.43. The van der Waals surface area contributed by atoms with Crippen LogP contribution in [-0.2, 0) is 4.74 Å². The van der Waals surface area contributed by atoms with Crippen LogP contribution >= 0.6 is 11.6 Å². The molecular formula is C14H14ClN3O2. The molecule has 0 aliphatic carbocycles. The number of aryl methyl sites for hydroxylation is 1. The Bertz CT molecular complexity index is 659. The van der Waals surface area contributed by atoms with E-state index in [-0.39, 0.29) is 5.56 Å². The number of hydrogen-bond acceptors (Lipinski definition) is 5. The highest BCUT2D eigenvalue weighted by molar-refractivity contribution is 6.30. The van der Waals surface area contributed by atoms with Crippen LogP contribution < -0.4 is 11.1 Å². The van der Waals surface area contributed by atoms with Crippen LogP contribution in [0, 0.1) is 6.92 Å². The molecule has 5 nitrogen and oxygen atoms in total. The molecule has 1 aromatic carbocycles. The number of rotatable bonds is 3. The molecule has 104 valence electrons. The lowest BCUT2D eigenvalue weighted by Gasteiger charge is -2.12. The molecule has 0 radical (unpaired) electrons. The molecule has 0 fully saturated rings. The van der Waals surface area contributed by atoms with Crippen LogP contribution in [0.1, 0.15) is 15.9 Å². The van der Waals surface area contributed by atoms with Crippen molar-refractivity contribution in [3.63, 3.8) is 0 Å². The molecule has 0 aliphatic rings. The maximum absolute atomic E-state index is 11.7. The van der Waals surface area contributed by atoms with Gasteiger partial charge in [0, 0.05) is 10.7 Å². The largest absolute Gasteiger partial charge is 0.465 e. The summed E-state index contributed by atoms with van der Waals surface area (Å²) < 4.78 is 4.72. The number of nitrogen functional groups attached to an aromatic ring is 1. The van der Waals surface area contributed by atoms with Gasteiger partial charge >= 0.3 is 5.97 Å². The van der Waals surface area contributed by atoms with Crippen molar-refractivity contribution in [1.29, 1.82) is 0 Å². The van der Waals surface area contributed by atoms with Gasteiger partial charge in [-0.25, -0.2) is 9.78 Å². The fourth-order valence-corrected chi connectivity index (χ4v) is 1.87. The van der Waals surface area contributed by atoms with E-state index in [0.717, 1.165) is 11.3 Å². The summed E-state index contributed by atoms with van der Waals surface area (Å²) in [7, 11) is 1.31. The van der Waals surface area contributed by atoms with Crippen LogP contribution in [0.5, 0.6) is 0 Å². The van der Waals surface area contributed by atoms with E-state index in [0.29, 0.717) is 16.5 Å². The third kappa shape index (κ3) is 3.00. The van der Waals surface area contributed by atoms with Crippen LogP contribution in [-0.4, -0.2) is 18.1 Å². The maximum atomic E-state index is 11.7. The van der Waals surface area contributed by atoms with Crippen molar-refractivity contribution in [3.8, 4) is 0 Å². The van der Waals surface area contributed by atoms with E-state index in [1.165, 1.54) is 19.4 Å². The van der Waals surface area contributed by atoms with Crippen molar-refractivity contribution in [2.45, 2.75) is 6.92 Å². The molecule has 3 N–H and O–H groups in total. The van der Waals surface area contributed by atoms with Crippen LogP contribution in [0.4, 0.5) is 17.2 Å². The molecule has 0 saturated heterocycles. The highest BCUT2D eigenvalue weighted by Crippen LogP contribution is 2.26. The second kappa shape index (κ2) is 5.79. The normalized spacial score (nSPS) is 10.2. The summed E-state index contributed by atoms with van der Waals surface area (Å²) in [6.45, 7) is 1.92. The SMILES string of the molecule is COC(=O)c1cc(N)cnc1Nc1cc(Cl)ccc1C. The molecule has 20 heavy (non-hydrogen) atoms. The molecule has 0 spiro atoms. The zero-order valence-electron chi connectivity index (χ0n) is 11.1. The second-order valence-corrected chi connectivity index (χ2v) is 4.68. The van der Waals surface area contributed by atoms with Crippen LogP contribution in [0.25, 0.3) is 0 Å². The van der Waals surface area contributed by atoms with Gasteiger partial charge in [0.25, 0.3) is 0 Å². The zero-order valence-corrected chi connectivity index (χ0v) is 11.9. The molecule has 0 atom stereocenters.